The molecule has 0 saturated carbocycles. The van der Waals surface area contributed by atoms with Crippen molar-refractivity contribution in [2.75, 3.05) is 24.7 Å². The van der Waals surface area contributed by atoms with Crippen LogP contribution >= 0.6 is 11.6 Å². The minimum atomic E-state index is 0.456. The maximum Gasteiger partial charge on any atom is 0.131 e. The van der Waals surface area contributed by atoms with Crippen LogP contribution in [0.3, 0.4) is 0 Å². The Bertz CT molecular complexity index is 332. The molecule has 0 bridgehead atoms. The Morgan fingerprint density at radius 2 is 2.53 bits per heavy atom. The fraction of sp³-hybridized carbons (Fsp3) is 0.545. The lowest BCUT2D eigenvalue weighted by molar-refractivity contribution is 0.0930. The number of halogens is 1. The summed E-state index contributed by atoms with van der Waals surface area (Å²) in [5, 5.41) is 0.550. The molecular formula is C11H15ClN2O. The zero-order valence-corrected chi connectivity index (χ0v) is 9.57. The van der Waals surface area contributed by atoms with Crippen LogP contribution in [0.4, 0.5) is 5.69 Å². The second-order valence-corrected chi connectivity index (χ2v) is 4.05. The van der Waals surface area contributed by atoms with Crippen LogP contribution < -0.4 is 4.90 Å². The van der Waals surface area contributed by atoms with E-state index in [4.69, 9.17) is 16.3 Å². The monoisotopic (exact) mass is 226 g/mol. The third kappa shape index (κ3) is 2.41. The molecule has 1 saturated heterocycles. The predicted molar refractivity (Wildman–Crippen MR) is 61.5 cm³/mol. The van der Waals surface area contributed by atoms with E-state index < -0.39 is 0 Å². The summed E-state index contributed by atoms with van der Waals surface area (Å²) in [6.45, 7) is 4.70. The summed E-state index contributed by atoms with van der Waals surface area (Å²) in [5.41, 5.74) is 1.14. The number of ether oxygens (including phenoxy) is 1. The summed E-state index contributed by atoms with van der Waals surface area (Å²) in [5.74, 6) is 0. The van der Waals surface area contributed by atoms with E-state index >= 15 is 0 Å². The fourth-order valence-corrected chi connectivity index (χ4v) is 2.07. The normalized spacial score (nSPS) is 21.7. The highest BCUT2D eigenvalue weighted by Crippen LogP contribution is 2.22. The SMILES string of the molecule is CCC1COCCN1c1ccnc(Cl)c1. The van der Waals surface area contributed by atoms with Gasteiger partial charge in [-0.05, 0) is 18.6 Å². The average molecular weight is 227 g/mol. The molecular weight excluding hydrogens is 212 g/mol. The van der Waals surface area contributed by atoms with Crippen molar-refractivity contribution in [1.29, 1.82) is 0 Å². The molecule has 4 heteroatoms. The molecule has 82 valence electrons. The predicted octanol–water partition coefficient (Wildman–Crippen LogP) is 2.35. The highest BCUT2D eigenvalue weighted by atomic mass is 35.5. The van der Waals surface area contributed by atoms with Gasteiger partial charge in [-0.3, -0.25) is 0 Å². The van der Waals surface area contributed by atoms with E-state index in [1.807, 2.05) is 12.1 Å². The minimum absolute atomic E-state index is 0.456. The molecule has 1 unspecified atom stereocenters. The van der Waals surface area contributed by atoms with Crippen molar-refractivity contribution in [3.63, 3.8) is 0 Å². The number of hydrogen-bond acceptors (Lipinski definition) is 3. The molecule has 1 aliphatic rings. The van der Waals surface area contributed by atoms with Crippen LogP contribution in [0.1, 0.15) is 13.3 Å². The lowest BCUT2D eigenvalue weighted by Crippen LogP contribution is -2.45. The minimum Gasteiger partial charge on any atom is -0.377 e. The molecule has 1 aromatic rings. The molecule has 15 heavy (non-hydrogen) atoms. The van der Waals surface area contributed by atoms with Crippen LogP contribution in [0.2, 0.25) is 5.15 Å². The number of anilines is 1. The Balaban J connectivity index is 2.20. The van der Waals surface area contributed by atoms with E-state index in [1.54, 1.807) is 6.20 Å². The molecule has 0 amide bonds. The summed E-state index contributed by atoms with van der Waals surface area (Å²) in [6.07, 6.45) is 2.83. The van der Waals surface area contributed by atoms with E-state index in [2.05, 4.69) is 16.8 Å². The molecule has 0 spiro atoms. The van der Waals surface area contributed by atoms with Gasteiger partial charge in [0.15, 0.2) is 0 Å². The standard InChI is InChI=1S/C11H15ClN2O/c1-2-9-8-15-6-5-14(9)10-3-4-13-11(12)7-10/h3-4,7,9H,2,5-6,8H2,1H3. The van der Waals surface area contributed by atoms with Crippen LogP contribution in [-0.2, 0) is 4.74 Å². The van der Waals surface area contributed by atoms with Crippen LogP contribution in [0.25, 0.3) is 0 Å². The summed E-state index contributed by atoms with van der Waals surface area (Å²) in [7, 11) is 0. The molecule has 1 aliphatic heterocycles. The maximum absolute atomic E-state index is 5.89. The summed E-state index contributed by atoms with van der Waals surface area (Å²) < 4.78 is 5.46. The zero-order chi connectivity index (χ0) is 10.7. The molecule has 0 aromatic carbocycles. The third-order valence-electron chi connectivity index (χ3n) is 2.74. The summed E-state index contributed by atoms with van der Waals surface area (Å²) in [4.78, 5) is 6.34. The highest BCUT2D eigenvalue weighted by Gasteiger charge is 2.21. The number of hydrogen-bond donors (Lipinski definition) is 0. The third-order valence-corrected chi connectivity index (χ3v) is 2.95. The van der Waals surface area contributed by atoms with Gasteiger partial charge in [0.1, 0.15) is 5.15 Å². The van der Waals surface area contributed by atoms with Gasteiger partial charge in [0.25, 0.3) is 0 Å². The van der Waals surface area contributed by atoms with Crippen molar-refractivity contribution in [3.05, 3.63) is 23.5 Å². The van der Waals surface area contributed by atoms with Crippen molar-refractivity contribution in [1.82, 2.24) is 4.98 Å². The van der Waals surface area contributed by atoms with Gasteiger partial charge in [0.05, 0.1) is 19.3 Å². The van der Waals surface area contributed by atoms with Gasteiger partial charge >= 0.3 is 0 Å². The van der Waals surface area contributed by atoms with Gasteiger partial charge in [-0.15, -0.1) is 0 Å². The first-order valence-electron chi connectivity index (χ1n) is 5.27. The number of nitrogens with zero attached hydrogens (tertiary/aromatic N) is 2. The Kier molecular flexibility index (Phi) is 3.44. The molecule has 1 aromatic heterocycles. The van der Waals surface area contributed by atoms with Gasteiger partial charge in [0.2, 0.25) is 0 Å². The number of rotatable bonds is 2. The topological polar surface area (TPSA) is 25.4 Å². The quantitative estimate of drug-likeness (QED) is 0.724. The molecule has 3 nitrogen and oxygen atoms in total. The van der Waals surface area contributed by atoms with E-state index in [1.165, 1.54) is 0 Å². The Morgan fingerprint density at radius 3 is 3.27 bits per heavy atom. The summed E-state index contributed by atoms with van der Waals surface area (Å²) in [6, 6.07) is 4.37. The fourth-order valence-electron chi connectivity index (χ4n) is 1.90. The van der Waals surface area contributed by atoms with Crippen LogP contribution in [0, 0.1) is 0 Å². The first-order chi connectivity index (χ1) is 7.31. The lowest BCUT2D eigenvalue weighted by Gasteiger charge is -2.36. The van der Waals surface area contributed by atoms with Gasteiger partial charge in [-0.2, -0.15) is 0 Å². The van der Waals surface area contributed by atoms with Crippen molar-refractivity contribution in [2.45, 2.75) is 19.4 Å². The average Bonchev–Trinajstić information content (AvgIpc) is 2.29. The van der Waals surface area contributed by atoms with E-state index in [0.717, 1.165) is 31.9 Å². The molecule has 2 heterocycles. The number of pyridine rings is 1. The number of morpholine rings is 1. The maximum atomic E-state index is 5.89. The van der Waals surface area contributed by atoms with Gasteiger partial charge in [-0.25, -0.2) is 4.98 Å². The van der Waals surface area contributed by atoms with Crippen molar-refractivity contribution in [3.8, 4) is 0 Å². The largest absolute Gasteiger partial charge is 0.377 e. The highest BCUT2D eigenvalue weighted by molar-refractivity contribution is 6.29. The first kappa shape index (κ1) is 10.7. The van der Waals surface area contributed by atoms with Crippen LogP contribution in [0.15, 0.2) is 18.3 Å². The Labute approximate surface area is 95.0 Å². The van der Waals surface area contributed by atoms with E-state index in [0.29, 0.717) is 11.2 Å². The smallest absolute Gasteiger partial charge is 0.131 e. The molecule has 1 fully saturated rings. The van der Waals surface area contributed by atoms with E-state index in [9.17, 15) is 0 Å². The zero-order valence-electron chi connectivity index (χ0n) is 8.82. The second kappa shape index (κ2) is 4.81. The van der Waals surface area contributed by atoms with Crippen molar-refractivity contribution >= 4 is 17.3 Å². The Morgan fingerprint density at radius 1 is 1.67 bits per heavy atom. The van der Waals surface area contributed by atoms with Gasteiger partial charge in [0, 0.05) is 18.4 Å². The van der Waals surface area contributed by atoms with Crippen molar-refractivity contribution < 1.29 is 4.74 Å². The Hall–Kier alpha value is -0.800. The van der Waals surface area contributed by atoms with Gasteiger partial charge in [-0.1, -0.05) is 18.5 Å². The lowest BCUT2D eigenvalue weighted by atomic mass is 10.1. The summed E-state index contributed by atoms with van der Waals surface area (Å²) >= 11 is 5.89. The van der Waals surface area contributed by atoms with Crippen molar-refractivity contribution in [2.24, 2.45) is 0 Å². The van der Waals surface area contributed by atoms with Crippen LogP contribution in [0.5, 0.6) is 0 Å². The molecule has 0 radical (unpaired) electrons. The second-order valence-electron chi connectivity index (χ2n) is 3.67. The number of aromatic nitrogens is 1. The van der Waals surface area contributed by atoms with Crippen LogP contribution in [-0.4, -0.2) is 30.8 Å². The molecule has 1 atom stereocenters. The van der Waals surface area contributed by atoms with Gasteiger partial charge < -0.3 is 9.64 Å². The first-order valence-corrected chi connectivity index (χ1v) is 5.65. The molecule has 0 N–H and O–H groups in total. The molecule has 2 rings (SSSR count). The van der Waals surface area contributed by atoms with E-state index in [-0.39, 0.29) is 0 Å². The molecule has 0 aliphatic carbocycles.